The molecule has 2 N–H and O–H groups in total. The number of hydrogen-bond donors (Lipinski definition) is 2. The maximum atomic E-state index is 13.6. The standard InChI is InChI=1S/C30H41N3O5S2/c1-7-10-11-12-15-24(9-3)25-18-19-27(29(22(25)5)32-39(34,35)20-8-2)26-16-13-14-17-28(26)40(36,37)33-30-21(4)23(6)38-31-30/h9,13-14,16-19,24,32H,3,7-8,10-12,15,20H2,1-2,4-6H3,(H,31,33). The first-order chi connectivity index (χ1) is 19.0. The topological polar surface area (TPSA) is 118 Å². The monoisotopic (exact) mass is 587 g/mol. The molecule has 3 rings (SSSR count). The molecule has 0 saturated carbocycles. The second-order valence-electron chi connectivity index (χ2n) is 10.1. The average Bonchev–Trinajstić information content (AvgIpc) is 3.22. The molecule has 1 aromatic heterocycles. The van der Waals surface area contributed by atoms with Gasteiger partial charge in [0, 0.05) is 22.6 Å². The van der Waals surface area contributed by atoms with E-state index in [4.69, 9.17) is 4.52 Å². The Balaban J connectivity index is 2.16. The number of rotatable bonds is 15. The van der Waals surface area contributed by atoms with Crippen molar-refractivity contribution in [1.29, 1.82) is 0 Å². The fourth-order valence-electron chi connectivity index (χ4n) is 4.77. The van der Waals surface area contributed by atoms with Crippen LogP contribution in [0, 0.1) is 20.8 Å². The van der Waals surface area contributed by atoms with E-state index < -0.39 is 20.0 Å². The van der Waals surface area contributed by atoms with Gasteiger partial charge in [0.05, 0.1) is 16.3 Å². The molecular formula is C30H41N3O5S2. The molecule has 0 spiro atoms. The lowest BCUT2D eigenvalue weighted by Crippen LogP contribution is -2.19. The van der Waals surface area contributed by atoms with Crippen LogP contribution in [-0.4, -0.2) is 27.7 Å². The van der Waals surface area contributed by atoms with Gasteiger partial charge in [0.2, 0.25) is 10.0 Å². The minimum absolute atomic E-state index is 0.00187. The average molecular weight is 588 g/mol. The molecule has 1 unspecified atom stereocenters. The molecule has 0 radical (unpaired) electrons. The molecule has 0 aliphatic rings. The van der Waals surface area contributed by atoms with Crippen LogP contribution in [0.25, 0.3) is 11.1 Å². The van der Waals surface area contributed by atoms with Gasteiger partial charge in [0.25, 0.3) is 10.0 Å². The van der Waals surface area contributed by atoms with Crippen LogP contribution >= 0.6 is 0 Å². The van der Waals surface area contributed by atoms with Crippen LogP contribution < -0.4 is 9.44 Å². The van der Waals surface area contributed by atoms with E-state index in [2.05, 4.69) is 28.1 Å². The van der Waals surface area contributed by atoms with Gasteiger partial charge in [-0.15, -0.1) is 6.58 Å². The predicted molar refractivity (Wildman–Crippen MR) is 163 cm³/mol. The Labute approximate surface area is 239 Å². The quantitative estimate of drug-likeness (QED) is 0.141. The number of allylic oxidation sites excluding steroid dienone is 1. The highest BCUT2D eigenvalue weighted by Gasteiger charge is 2.26. The van der Waals surface area contributed by atoms with Crippen molar-refractivity contribution in [2.24, 2.45) is 0 Å². The number of benzene rings is 2. The van der Waals surface area contributed by atoms with Crippen LogP contribution in [0.5, 0.6) is 0 Å². The Morgan fingerprint density at radius 3 is 2.25 bits per heavy atom. The van der Waals surface area contributed by atoms with Crippen molar-refractivity contribution >= 4 is 31.6 Å². The number of hydrogen-bond acceptors (Lipinski definition) is 6. The Kier molecular flexibility index (Phi) is 10.6. The maximum Gasteiger partial charge on any atom is 0.263 e. The van der Waals surface area contributed by atoms with Crippen molar-refractivity contribution in [2.45, 2.75) is 84.0 Å². The fraction of sp³-hybridized carbons (Fsp3) is 0.433. The van der Waals surface area contributed by atoms with Crippen molar-refractivity contribution in [3.63, 3.8) is 0 Å². The number of sulfonamides is 2. The van der Waals surface area contributed by atoms with Gasteiger partial charge in [-0.1, -0.05) is 81.1 Å². The third kappa shape index (κ3) is 7.34. The molecule has 218 valence electrons. The summed E-state index contributed by atoms with van der Waals surface area (Å²) in [4.78, 5) is -0.00187. The molecule has 0 saturated heterocycles. The number of aryl methyl sites for hydroxylation is 1. The van der Waals surface area contributed by atoms with Gasteiger partial charge in [-0.3, -0.25) is 9.44 Å². The molecule has 0 aliphatic carbocycles. The number of nitrogens with zero attached hydrogens (tertiary/aromatic N) is 1. The highest BCUT2D eigenvalue weighted by atomic mass is 32.2. The summed E-state index contributed by atoms with van der Waals surface area (Å²) in [5.41, 5.74) is 3.53. The number of aromatic nitrogens is 1. The first kappa shape index (κ1) is 31.4. The molecule has 40 heavy (non-hydrogen) atoms. The van der Waals surface area contributed by atoms with Gasteiger partial charge in [-0.25, -0.2) is 16.8 Å². The van der Waals surface area contributed by atoms with E-state index in [1.54, 1.807) is 45.0 Å². The van der Waals surface area contributed by atoms with Gasteiger partial charge < -0.3 is 4.52 Å². The number of unbranched alkanes of at least 4 members (excludes halogenated alkanes) is 3. The Morgan fingerprint density at radius 1 is 0.900 bits per heavy atom. The molecule has 10 heteroatoms. The van der Waals surface area contributed by atoms with Crippen molar-refractivity contribution in [1.82, 2.24) is 5.16 Å². The van der Waals surface area contributed by atoms with Crippen LogP contribution in [0.3, 0.4) is 0 Å². The summed E-state index contributed by atoms with van der Waals surface area (Å²) >= 11 is 0. The maximum absolute atomic E-state index is 13.6. The first-order valence-corrected chi connectivity index (χ1v) is 16.9. The van der Waals surface area contributed by atoms with Crippen LogP contribution in [0.4, 0.5) is 11.5 Å². The molecule has 0 fully saturated rings. The zero-order valence-corrected chi connectivity index (χ0v) is 25.7. The highest BCUT2D eigenvalue weighted by molar-refractivity contribution is 7.93. The Bertz CT molecular complexity index is 1540. The minimum atomic E-state index is -4.10. The van der Waals surface area contributed by atoms with Crippen molar-refractivity contribution in [2.75, 3.05) is 15.2 Å². The molecule has 8 nitrogen and oxygen atoms in total. The van der Waals surface area contributed by atoms with Gasteiger partial charge in [0.15, 0.2) is 5.82 Å². The molecule has 2 aromatic carbocycles. The number of anilines is 2. The van der Waals surface area contributed by atoms with Gasteiger partial charge in [-0.2, -0.15) is 0 Å². The molecule has 1 atom stereocenters. The second-order valence-corrected chi connectivity index (χ2v) is 13.6. The zero-order valence-electron chi connectivity index (χ0n) is 24.1. The lowest BCUT2D eigenvalue weighted by atomic mass is 9.87. The van der Waals surface area contributed by atoms with Crippen molar-refractivity contribution < 1.29 is 21.4 Å². The third-order valence-corrected chi connectivity index (χ3v) is 10.0. The van der Waals surface area contributed by atoms with E-state index in [1.807, 2.05) is 19.1 Å². The van der Waals surface area contributed by atoms with Crippen LogP contribution in [0.2, 0.25) is 0 Å². The zero-order chi connectivity index (χ0) is 29.5. The molecule has 0 aliphatic heterocycles. The summed E-state index contributed by atoms with van der Waals surface area (Å²) < 4.78 is 63.6. The van der Waals surface area contributed by atoms with Gasteiger partial charge in [0.1, 0.15) is 5.76 Å². The summed E-state index contributed by atoms with van der Waals surface area (Å²) in [6, 6.07) is 10.3. The largest absolute Gasteiger partial charge is 0.359 e. The lowest BCUT2D eigenvalue weighted by molar-refractivity contribution is 0.399. The van der Waals surface area contributed by atoms with E-state index in [-0.39, 0.29) is 22.4 Å². The lowest BCUT2D eigenvalue weighted by Gasteiger charge is -2.23. The Hall–Kier alpha value is -3.11. The predicted octanol–water partition coefficient (Wildman–Crippen LogP) is 7.46. The summed E-state index contributed by atoms with van der Waals surface area (Å²) in [5.74, 6) is 0.611. The van der Waals surface area contributed by atoms with E-state index in [0.29, 0.717) is 34.6 Å². The van der Waals surface area contributed by atoms with E-state index in [9.17, 15) is 16.8 Å². The van der Waals surface area contributed by atoms with E-state index >= 15 is 0 Å². The van der Waals surface area contributed by atoms with Crippen molar-refractivity contribution in [3.8, 4) is 11.1 Å². The van der Waals surface area contributed by atoms with Crippen LogP contribution in [0.1, 0.15) is 80.7 Å². The molecule has 0 amide bonds. The van der Waals surface area contributed by atoms with E-state index in [1.165, 1.54) is 6.07 Å². The molecular weight excluding hydrogens is 546 g/mol. The SMILES string of the molecule is C=CC(CCCCCC)c1ccc(-c2ccccc2S(=O)(=O)Nc2noc(C)c2C)c(NS(=O)(=O)CCC)c1C. The van der Waals surface area contributed by atoms with Gasteiger partial charge >= 0.3 is 0 Å². The normalized spacial score (nSPS) is 12.7. The number of nitrogens with one attached hydrogen (secondary N) is 2. The van der Waals surface area contributed by atoms with Gasteiger partial charge in [-0.05, 0) is 50.8 Å². The summed E-state index contributed by atoms with van der Waals surface area (Å²) in [5, 5.41) is 3.84. The summed E-state index contributed by atoms with van der Waals surface area (Å²) in [7, 11) is -7.77. The van der Waals surface area contributed by atoms with Crippen molar-refractivity contribution in [3.05, 3.63) is 71.5 Å². The fourth-order valence-corrected chi connectivity index (χ4v) is 7.26. The van der Waals surface area contributed by atoms with Crippen LogP contribution in [0.15, 0.2) is 58.5 Å². The molecule has 3 aromatic rings. The second kappa shape index (κ2) is 13.5. The third-order valence-electron chi connectivity index (χ3n) is 7.14. The molecule has 0 bridgehead atoms. The molecule has 1 heterocycles. The smallest absolute Gasteiger partial charge is 0.263 e. The Morgan fingerprint density at radius 2 is 1.62 bits per heavy atom. The van der Waals surface area contributed by atoms with Crippen LogP contribution in [-0.2, 0) is 20.0 Å². The van der Waals surface area contributed by atoms with E-state index in [0.717, 1.165) is 43.2 Å². The minimum Gasteiger partial charge on any atom is -0.359 e. The highest BCUT2D eigenvalue weighted by Crippen LogP contribution is 2.40. The summed E-state index contributed by atoms with van der Waals surface area (Å²) in [6.45, 7) is 13.3. The summed E-state index contributed by atoms with van der Waals surface area (Å²) in [6.07, 6.45) is 7.72. The first-order valence-electron chi connectivity index (χ1n) is 13.8.